The van der Waals surface area contributed by atoms with Crippen molar-refractivity contribution in [2.24, 2.45) is 23.7 Å². The van der Waals surface area contributed by atoms with Gasteiger partial charge in [0.05, 0.1) is 17.9 Å². The largest absolute Gasteiger partial charge is 0.359 e. The molecular weight excluding hydrogens is 575 g/mol. The Morgan fingerprint density at radius 1 is 0.976 bits per heavy atom. The summed E-state index contributed by atoms with van der Waals surface area (Å²) in [5, 5.41) is 7.04. The van der Waals surface area contributed by atoms with Gasteiger partial charge in [0.25, 0.3) is 0 Å². The Bertz CT molecular complexity index is 1230. The summed E-state index contributed by atoms with van der Waals surface area (Å²) < 4.78 is 6.53. The van der Waals surface area contributed by atoms with Gasteiger partial charge in [-0.3, -0.25) is 14.4 Å². The Hall–Kier alpha value is -2.13. The lowest BCUT2D eigenvalue weighted by Gasteiger charge is -2.38. The number of nitrogens with one attached hydrogen (secondary N) is 2. The van der Waals surface area contributed by atoms with E-state index in [-0.39, 0.29) is 23.8 Å². The minimum Gasteiger partial charge on any atom is -0.359 e. The van der Waals surface area contributed by atoms with Crippen molar-refractivity contribution in [3.8, 4) is 0 Å². The number of carbonyl (C=O) groups is 3. The summed E-state index contributed by atoms with van der Waals surface area (Å²) in [5.41, 5.74) is -0.723. The van der Waals surface area contributed by atoms with Crippen molar-refractivity contribution in [2.75, 3.05) is 31.5 Å². The van der Waals surface area contributed by atoms with E-state index in [1.807, 2.05) is 12.2 Å². The summed E-state index contributed by atoms with van der Waals surface area (Å²) in [7, 11) is 0. The fraction of sp³-hybridized carbons (Fsp3) is 0.656. The van der Waals surface area contributed by atoms with Crippen LogP contribution < -0.4 is 10.6 Å². The smallest absolute Gasteiger partial charge is 0.246 e. The molecule has 42 heavy (non-hydrogen) atoms. The van der Waals surface area contributed by atoms with Crippen LogP contribution in [0.2, 0.25) is 10.0 Å². The van der Waals surface area contributed by atoms with E-state index in [1.165, 1.54) is 12.8 Å². The number of nitrogens with zero attached hydrogens (tertiary/aromatic N) is 2. The van der Waals surface area contributed by atoms with E-state index in [1.54, 1.807) is 23.1 Å². The molecule has 10 heteroatoms. The second kappa shape index (κ2) is 12.1. The highest BCUT2D eigenvalue weighted by atomic mass is 35.5. The minimum absolute atomic E-state index is 0.0496. The molecular formula is C32H42Cl2N4O4. The van der Waals surface area contributed by atoms with Crippen LogP contribution in [0.5, 0.6) is 0 Å². The van der Waals surface area contributed by atoms with Crippen molar-refractivity contribution in [3.63, 3.8) is 0 Å². The third kappa shape index (κ3) is 5.49. The third-order valence-corrected chi connectivity index (χ3v) is 10.9. The molecule has 0 radical (unpaired) electrons. The van der Waals surface area contributed by atoms with Gasteiger partial charge in [0.2, 0.25) is 17.7 Å². The van der Waals surface area contributed by atoms with Crippen molar-refractivity contribution < 1.29 is 19.1 Å². The molecule has 1 aliphatic carbocycles. The monoisotopic (exact) mass is 616 g/mol. The highest BCUT2D eigenvalue weighted by Gasteiger charge is 2.72. The van der Waals surface area contributed by atoms with Crippen molar-refractivity contribution in [1.82, 2.24) is 15.1 Å². The first-order chi connectivity index (χ1) is 20.2. The predicted octanol–water partition coefficient (Wildman–Crippen LogP) is 4.90. The highest BCUT2D eigenvalue weighted by molar-refractivity contribution is 6.35. The van der Waals surface area contributed by atoms with Crippen LogP contribution in [0.1, 0.15) is 58.8 Å². The number of ether oxygens (including phenoxy) is 1. The maximum absolute atomic E-state index is 14.3. The Morgan fingerprint density at radius 2 is 1.69 bits per heavy atom. The summed E-state index contributed by atoms with van der Waals surface area (Å²) in [6, 6.07) is 4.06. The van der Waals surface area contributed by atoms with Crippen molar-refractivity contribution >= 4 is 46.6 Å². The van der Waals surface area contributed by atoms with Gasteiger partial charge in [-0.25, -0.2) is 0 Å². The molecule has 2 N–H and O–H groups in total. The molecule has 1 aromatic rings. The molecule has 4 fully saturated rings. The Balaban J connectivity index is 1.28. The van der Waals surface area contributed by atoms with Gasteiger partial charge in [0, 0.05) is 34.9 Å². The predicted molar refractivity (Wildman–Crippen MR) is 163 cm³/mol. The average molecular weight is 618 g/mol. The number of rotatable bonds is 7. The van der Waals surface area contributed by atoms with Crippen LogP contribution in [-0.2, 0) is 19.1 Å². The van der Waals surface area contributed by atoms with E-state index in [0.29, 0.717) is 40.7 Å². The Kier molecular flexibility index (Phi) is 8.62. The summed E-state index contributed by atoms with van der Waals surface area (Å²) >= 11 is 12.3. The highest BCUT2D eigenvalue weighted by Crippen LogP contribution is 2.55. The number of benzene rings is 1. The quantitative estimate of drug-likeness (QED) is 0.425. The number of carbonyl (C=O) groups excluding carboxylic acids is 3. The maximum Gasteiger partial charge on any atom is 0.246 e. The molecule has 5 aliphatic rings. The Morgan fingerprint density at radius 3 is 2.40 bits per heavy atom. The van der Waals surface area contributed by atoms with Gasteiger partial charge in [0.15, 0.2) is 0 Å². The fourth-order valence-electron chi connectivity index (χ4n) is 8.02. The number of hydrogen-bond donors (Lipinski definition) is 2. The van der Waals surface area contributed by atoms with Gasteiger partial charge in [-0.1, -0.05) is 74.9 Å². The topological polar surface area (TPSA) is 91.0 Å². The first-order valence-electron chi connectivity index (χ1n) is 15.7. The van der Waals surface area contributed by atoms with Crippen LogP contribution in [0.15, 0.2) is 30.4 Å². The van der Waals surface area contributed by atoms with E-state index in [9.17, 15) is 14.4 Å². The molecule has 2 bridgehead atoms. The molecule has 4 heterocycles. The summed E-state index contributed by atoms with van der Waals surface area (Å²) in [6.45, 7) is 7.55. The second-order valence-corrected chi connectivity index (χ2v) is 13.9. The zero-order chi connectivity index (χ0) is 29.6. The fourth-order valence-corrected chi connectivity index (χ4v) is 8.54. The number of anilines is 1. The number of halogens is 2. The van der Waals surface area contributed by atoms with E-state index in [4.69, 9.17) is 27.9 Å². The van der Waals surface area contributed by atoms with Crippen LogP contribution in [-0.4, -0.2) is 77.5 Å². The van der Waals surface area contributed by atoms with Crippen LogP contribution in [0, 0.1) is 23.7 Å². The third-order valence-electron chi connectivity index (χ3n) is 10.4. The molecule has 0 aromatic heterocycles. The molecule has 6 rings (SSSR count). The Labute approximate surface area is 258 Å². The molecule has 8 nitrogen and oxygen atoms in total. The lowest BCUT2D eigenvalue weighted by atomic mass is 9.73. The van der Waals surface area contributed by atoms with E-state index >= 15 is 0 Å². The van der Waals surface area contributed by atoms with Gasteiger partial charge in [-0.2, -0.15) is 0 Å². The van der Waals surface area contributed by atoms with Crippen LogP contribution >= 0.6 is 23.2 Å². The van der Waals surface area contributed by atoms with Gasteiger partial charge in [-0.15, -0.1) is 0 Å². The van der Waals surface area contributed by atoms with Gasteiger partial charge < -0.3 is 25.2 Å². The normalized spacial score (nSPS) is 36.1. The van der Waals surface area contributed by atoms with Crippen molar-refractivity contribution in [3.05, 3.63) is 40.4 Å². The minimum atomic E-state index is -1.18. The SMILES string of the molecule is C[C@@H]1[C@H](C)CCC[C@@H]1NC(=O)[C@@H]1N(CCN2CCCCCC2)C(=O)[C@@H]2[C@H](C(=O)Nc3cc(Cl)cc(Cl)c3)[C@@H]3C=C[C@]21O3. The van der Waals surface area contributed by atoms with Gasteiger partial charge >= 0.3 is 0 Å². The molecule has 228 valence electrons. The summed E-state index contributed by atoms with van der Waals surface area (Å²) in [5.74, 6) is -1.40. The summed E-state index contributed by atoms with van der Waals surface area (Å²) in [6.07, 6.45) is 11.0. The number of fused-ring (bicyclic) bond motifs is 1. The molecule has 8 atom stereocenters. The van der Waals surface area contributed by atoms with Crippen molar-refractivity contribution in [1.29, 1.82) is 0 Å². The molecule has 3 amide bonds. The standard InChI is InChI=1S/C32H42Cl2N4O4/c1-19-8-7-9-24(20(19)2)36-30(40)28-32-11-10-25(42-32)26(29(39)35-23-17-21(33)16-22(34)18-23)27(32)31(41)38(28)15-14-37-12-5-3-4-6-13-37/h10-11,16-20,24-28H,3-9,12-15H2,1-2H3,(H,35,39)(H,36,40)/t19-,20-,24+,25+,26-,27+,28+,32+/m1/s1. The van der Waals surface area contributed by atoms with E-state index < -0.39 is 29.6 Å². The first kappa shape index (κ1) is 29.9. The zero-order valence-corrected chi connectivity index (χ0v) is 26.0. The second-order valence-electron chi connectivity index (χ2n) is 13.0. The van der Waals surface area contributed by atoms with Crippen LogP contribution in [0.25, 0.3) is 0 Å². The molecule has 0 unspecified atom stereocenters. The molecule has 4 aliphatic heterocycles. The molecule has 1 saturated carbocycles. The maximum atomic E-state index is 14.3. The average Bonchev–Trinajstić information content (AvgIpc) is 3.48. The molecule has 1 spiro atoms. The number of amides is 3. The van der Waals surface area contributed by atoms with Crippen LogP contribution in [0.3, 0.4) is 0 Å². The van der Waals surface area contributed by atoms with E-state index in [0.717, 1.165) is 45.2 Å². The van der Waals surface area contributed by atoms with Gasteiger partial charge in [-0.05, 0) is 62.4 Å². The lowest BCUT2D eigenvalue weighted by Crippen LogP contribution is -2.58. The van der Waals surface area contributed by atoms with Gasteiger partial charge in [0.1, 0.15) is 11.6 Å². The lowest BCUT2D eigenvalue weighted by molar-refractivity contribution is -0.141. The van der Waals surface area contributed by atoms with E-state index in [2.05, 4.69) is 29.4 Å². The number of hydrogen-bond acceptors (Lipinski definition) is 5. The molecule has 1 aromatic carbocycles. The first-order valence-corrected chi connectivity index (χ1v) is 16.4. The van der Waals surface area contributed by atoms with Crippen molar-refractivity contribution in [2.45, 2.75) is 82.6 Å². The van der Waals surface area contributed by atoms with Crippen LogP contribution in [0.4, 0.5) is 5.69 Å². The zero-order valence-electron chi connectivity index (χ0n) is 24.5. The molecule has 3 saturated heterocycles. The number of likely N-dealkylation sites (tertiary alicyclic amines) is 2. The summed E-state index contributed by atoms with van der Waals surface area (Å²) in [4.78, 5) is 46.4.